The molecule has 0 saturated heterocycles. The van der Waals surface area contributed by atoms with Crippen molar-refractivity contribution in [3.63, 3.8) is 0 Å². The molecule has 0 unspecified atom stereocenters. The largest absolute Gasteiger partial charge is 0.494 e. The van der Waals surface area contributed by atoms with E-state index in [0.717, 1.165) is 34.6 Å². The Labute approximate surface area is 186 Å². The average molecular weight is 419 g/mol. The van der Waals surface area contributed by atoms with Gasteiger partial charge in [-0.2, -0.15) is 0 Å². The van der Waals surface area contributed by atoms with Crippen LogP contribution in [-0.2, 0) is 7.05 Å². The lowest BCUT2D eigenvalue weighted by molar-refractivity contribution is 0.313. The Morgan fingerprint density at radius 1 is 1.10 bits per heavy atom. The molecule has 3 rings (SSSR count). The lowest BCUT2D eigenvalue weighted by Crippen LogP contribution is -2.21. The molecule has 0 fully saturated rings. The molecular formula is C26H34N4O. The number of nitrogens with zero attached hydrogens (tertiary/aromatic N) is 3. The molecule has 0 radical (unpaired) electrons. The fourth-order valence-electron chi connectivity index (χ4n) is 3.23. The average Bonchev–Trinajstić information content (AvgIpc) is 2.69. The molecule has 5 nitrogen and oxygen atoms in total. The van der Waals surface area contributed by atoms with Gasteiger partial charge in [0.2, 0.25) is 0 Å². The maximum Gasteiger partial charge on any atom is 0.159 e. The summed E-state index contributed by atoms with van der Waals surface area (Å²) in [5, 5.41) is 0. The van der Waals surface area contributed by atoms with Crippen LogP contribution in [0.4, 0.5) is 0 Å². The van der Waals surface area contributed by atoms with Gasteiger partial charge in [-0.25, -0.2) is 4.99 Å². The minimum Gasteiger partial charge on any atom is -0.494 e. The summed E-state index contributed by atoms with van der Waals surface area (Å²) in [4.78, 5) is 8.96. The molecule has 0 aliphatic heterocycles. The normalized spacial score (nSPS) is 11.0. The summed E-state index contributed by atoms with van der Waals surface area (Å²) in [5.41, 5.74) is 12.8. The molecule has 1 aromatic heterocycles. The molecular weight excluding hydrogens is 384 g/mol. The van der Waals surface area contributed by atoms with Crippen LogP contribution in [0.15, 0.2) is 72.1 Å². The van der Waals surface area contributed by atoms with Gasteiger partial charge in [-0.3, -0.25) is 4.98 Å². The summed E-state index contributed by atoms with van der Waals surface area (Å²) in [6.45, 7) is 13.3. The molecule has 2 N–H and O–H groups in total. The molecule has 0 spiro atoms. The number of hydrogen-bond donors (Lipinski definition) is 1. The molecule has 0 aliphatic rings. The molecule has 0 aliphatic carbocycles. The van der Waals surface area contributed by atoms with Crippen LogP contribution in [0.3, 0.4) is 0 Å². The Balaban J connectivity index is 0.000000316. The first kappa shape index (κ1) is 24.1. The summed E-state index contributed by atoms with van der Waals surface area (Å²) >= 11 is 0. The molecule has 0 amide bonds. The van der Waals surface area contributed by atoms with Crippen molar-refractivity contribution in [2.45, 2.75) is 34.1 Å². The van der Waals surface area contributed by atoms with Gasteiger partial charge in [-0.1, -0.05) is 53.6 Å². The molecule has 1 heterocycles. The molecule has 31 heavy (non-hydrogen) atoms. The van der Waals surface area contributed by atoms with E-state index in [2.05, 4.69) is 55.5 Å². The van der Waals surface area contributed by atoms with Crippen LogP contribution in [0.25, 0.3) is 11.3 Å². The van der Waals surface area contributed by atoms with Gasteiger partial charge in [0.1, 0.15) is 11.4 Å². The van der Waals surface area contributed by atoms with Crippen LogP contribution in [0.1, 0.15) is 30.0 Å². The highest BCUT2D eigenvalue weighted by atomic mass is 16.5. The minimum absolute atomic E-state index is 0.610. The Morgan fingerprint density at radius 2 is 1.74 bits per heavy atom. The number of benzene rings is 2. The van der Waals surface area contributed by atoms with Crippen LogP contribution in [0, 0.1) is 20.8 Å². The zero-order valence-electron chi connectivity index (χ0n) is 19.4. The predicted molar refractivity (Wildman–Crippen MR) is 129 cm³/mol. The topological polar surface area (TPSA) is 65.4 Å². The van der Waals surface area contributed by atoms with E-state index in [1.165, 1.54) is 16.7 Å². The first-order valence-electron chi connectivity index (χ1n) is 10.5. The first-order chi connectivity index (χ1) is 14.8. The maximum atomic E-state index is 5.70. The van der Waals surface area contributed by atoms with Crippen molar-refractivity contribution in [3.8, 4) is 17.0 Å². The van der Waals surface area contributed by atoms with Crippen molar-refractivity contribution in [2.24, 2.45) is 17.8 Å². The van der Waals surface area contributed by atoms with Crippen molar-refractivity contribution in [1.29, 1.82) is 0 Å². The zero-order chi connectivity index (χ0) is 22.8. The molecule has 2 aromatic carbocycles. The van der Waals surface area contributed by atoms with Gasteiger partial charge in [0.15, 0.2) is 5.49 Å². The number of hydrogen-bond acceptors (Lipinski definition) is 4. The van der Waals surface area contributed by atoms with Crippen LogP contribution >= 0.6 is 0 Å². The second-order valence-electron chi connectivity index (χ2n) is 7.74. The zero-order valence-corrected chi connectivity index (χ0v) is 19.4. The number of nitrogens with two attached hydrogens (primary N) is 1. The van der Waals surface area contributed by atoms with E-state index in [-0.39, 0.29) is 0 Å². The van der Waals surface area contributed by atoms with Crippen molar-refractivity contribution < 1.29 is 4.74 Å². The lowest BCUT2D eigenvalue weighted by Gasteiger charge is -2.09. The summed E-state index contributed by atoms with van der Waals surface area (Å²) in [6.07, 6.45) is 4.46. The molecule has 0 bridgehead atoms. The quantitative estimate of drug-likeness (QED) is 0.581. The van der Waals surface area contributed by atoms with E-state index in [1.807, 2.05) is 49.0 Å². The molecule has 3 aromatic rings. The van der Waals surface area contributed by atoms with Gasteiger partial charge < -0.3 is 15.0 Å². The Kier molecular flexibility index (Phi) is 9.22. The number of aryl methyl sites for hydroxylation is 4. The maximum absolute atomic E-state index is 5.70. The Bertz CT molecular complexity index is 1030. The number of aromatic nitrogens is 2. The van der Waals surface area contributed by atoms with E-state index >= 15 is 0 Å². The van der Waals surface area contributed by atoms with Gasteiger partial charge in [0.05, 0.1) is 6.61 Å². The third kappa shape index (κ3) is 7.87. The number of ether oxygens (including phenoxy) is 1. The number of rotatable bonds is 6. The monoisotopic (exact) mass is 418 g/mol. The third-order valence-corrected chi connectivity index (χ3v) is 4.43. The predicted octanol–water partition coefficient (Wildman–Crippen LogP) is 4.86. The standard InChI is InChI=1S/C17H22N4O.C9H12/c1-13(2)20-17-16(19-9-10-21(17)3)14-6-4-7-15(12-14)22-11-5-8-18;1-7-4-8(2)6-9(3)5-7/h4,6-7,9-10,12H,1,5,8,11,18H2,2-3H3;4-6H,1-3H3. The van der Waals surface area contributed by atoms with E-state index in [9.17, 15) is 0 Å². The first-order valence-corrected chi connectivity index (χ1v) is 10.5. The SMILES string of the molecule is C=C(C)N=c1c(-c2cccc(OCCCN)c2)nccn1C.Cc1cc(C)cc(C)c1. The fourth-order valence-corrected chi connectivity index (χ4v) is 3.23. The molecule has 5 heteroatoms. The van der Waals surface area contributed by atoms with E-state index < -0.39 is 0 Å². The molecule has 0 saturated carbocycles. The second kappa shape index (κ2) is 11.9. The van der Waals surface area contributed by atoms with Crippen molar-refractivity contribution in [1.82, 2.24) is 9.55 Å². The van der Waals surface area contributed by atoms with Gasteiger partial charge in [0.25, 0.3) is 0 Å². The summed E-state index contributed by atoms with van der Waals surface area (Å²) in [6, 6.07) is 14.4. The fraction of sp³-hybridized carbons (Fsp3) is 0.308. The highest BCUT2D eigenvalue weighted by Crippen LogP contribution is 2.20. The van der Waals surface area contributed by atoms with Crippen molar-refractivity contribution in [2.75, 3.05) is 13.2 Å². The summed E-state index contributed by atoms with van der Waals surface area (Å²) in [5.74, 6) is 0.806. The van der Waals surface area contributed by atoms with Crippen LogP contribution < -0.4 is 16.0 Å². The summed E-state index contributed by atoms with van der Waals surface area (Å²) in [7, 11) is 1.94. The Morgan fingerprint density at radius 3 is 2.32 bits per heavy atom. The van der Waals surface area contributed by atoms with Crippen molar-refractivity contribution >= 4 is 0 Å². The van der Waals surface area contributed by atoms with Crippen LogP contribution in [0.2, 0.25) is 0 Å². The van der Waals surface area contributed by atoms with Gasteiger partial charge in [0, 0.05) is 30.7 Å². The van der Waals surface area contributed by atoms with Crippen LogP contribution in [-0.4, -0.2) is 22.7 Å². The smallest absolute Gasteiger partial charge is 0.159 e. The minimum atomic E-state index is 0.610. The van der Waals surface area contributed by atoms with Crippen LogP contribution in [0.5, 0.6) is 5.75 Å². The van der Waals surface area contributed by atoms with E-state index in [4.69, 9.17) is 10.5 Å². The second-order valence-corrected chi connectivity index (χ2v) is 7.74. The third-order valence-electron chi connectivity index (χ3n) is 4.43. The molecule has 164 valence electrons. The summed E-state index contributed by atoms with van der Waals surface area (Å²) < 4.78 is 7.63. The van der Waals surface area contributed by atoms with Gasteiger partial charge in [-0.15, -0.1) is 0 Å². The highest BCUT2D eigenvalue weighted by molar-refractivity contribution is 5.60. The van der Waals surface area contributed by atoms with Gasteiger partial charge >= 0.3 is 0 Å². The lowest BCUT2D eigenvalue weighted by atomic mass is 10.1. The number of allylic oxidation sites excluding steroid dienone is 1. The Hall–Kier alpha value is -3.18. The molecule has 0 atom stereocenters. The van der Waals surface area contributed by atoms with Crippen molar-refractivity contribution in [3.05, 3.63) is 89.3 Å². The van der Waals surface area contributed by atoms with E-state index in [1.54, 1.807) is 6.20 Å². The van der Waals surface area contributed by atoms with E-state index in [0.29, 0.717) is 13.2 Å². The van der Waals surface area contributed by atoms with Gasteiger partial charge in [-0.05, 0) is 52.8 Å². The highest BCUT2D eigenvalue weighted by Gasteiger charge is 2.06.